The number of hydrogen-bond acceptors (Lipinski definition) is 3. The fraction of sp³-hybridized carbons (Fsp3) is 0.455. The molecule has 80 valence electrons. The van der Waals surface area contributed by atoms with Gasteiger partial charge in [0.1, 0.15) is 5.82 Å². The Balaban J connectivity index is 2.86. The van der Waals surface area contributed by atoms with Crippen LogP contribution in [0, 0.1) is 6.92 Å². The van der Waals surface area contributed by atoms with Crippen LogP contribution >= 0.6 is 11.3 Å². The zero-order valence-electron chi connectivity index (χ0n) is 9.34. The first-order valence-corrected chi connectivity index (χ1v) is 5.76. The van der Waals surface area contributed by atoms with E-state index in [0.29, 0.717) is 11.2 Å². The number of H-pyrrole nitrogens is 1. The van der Waals surface area contributed by atoms with Gasteiger partial charge in [-0.1, -0.05) is 20.8 Å². The average molecular weight is 222 g/mol. The van der Waals surface area contributed by atoms with Crippen LogP contribution in [0.3, 0.4) is 0 Å². The van der Waals surface area contributed by atoms with Crippen LogP contribution in [0.1, 0.15) is 31.5 Å². The van der Waals surface area contributed by atoms with Crippen molar-refractivity contribution in [3.8, 4) is 0 Å². The predicted molar refractivity (Wildman–Crippen MR) is 63.7 cm³/mol. The van der Waals surface area contributed by atoms with Gasteiger partial charge in [-0.2, -0.15) is 0 Å². The summed E-state index contributed by atoms with van der Waals surface area (Å²) in [5, 5.41) is 2.59. The quantitative estimate of drug-likeness (QED) is 0.744. The van der Waals surface area contributed by atoms with E-state index in [1.165, 1.54) is 4.88 Å². The molecule has 0 fully saturated rings. The molecule has 0 amide bonds. The largest absolute Gasteiger partial charge is 0.310 e. The van der Waals surface area contributed by atoms with E-state index in [0.717, 1.165) is 5.52 Å². The second-order valence-electron chi connectivity index (χ2n) is 4.73. The number of hydrogen-bond donors (Lipinski definition) is 1. The van der Waals surface area contributed by atoms with E-state index in [2.05, 4.69) is 30.7 Å². The minimum atomic E-state index is -0.0377. The highest BCUT2D eigenvalue weighted by Crippen LogP contribution is 2.32. The Morgan fingerprint density at radius 3 is 2.67 bits per heavy atom. The van der Waals surface area contributed by atoms with Gasteiger partial charge in [-0.05, 0) is 12.3 Å². The lowest BCUT2D eigenvalue weighted by molar-refractivity contribution is 0.607. The second-order valence-corrected chi connectivity index (χ2v) is 5.61. The molecule has 2 aromatic rings. The molecule has 0 aliphatic heterocycles. The summed E-state index contributed by atoms with van der Waals surface area (Å²) in [6.07, 6.45) is 0. The van der Waals surface area contributed by atoms with Crippen molar-refractivity contribution in [1.82, 2.24) is 9.97 Å². The highest BCUT2D eigenvalue weighted by atomic mass is 32.1. The standard InChI is InChI=1S/C11H14N2OS/c1-6-12-8-7(10(14)13-6)5-15-9(8)11(2,3)4/h5H,1-4H3,(H,12,13,14). The number of aryl methyl sites for hydroxylation is 1. The van der Waals surface area contributed by atoms with Crippen molar-refractivity contribution in [2.75, 3.05) is 0 Å². The first-order valence-electron chi connectivity index (χ1n) is 4.88. The van der Waals surface area contributed by atoms with Gasteiger partial charge in [0.2, 0.25) is 0 Å². The van der Waals surface area contributed by atoms with Crippen LogP contribution in [0.4, 0.5) is 0 Å². The lowest BCUT2D eigenvalue weighted by Gasteiger charge is -2.16. The van der Waals surface area contributed by atoms with Crippen molar-refractivity contribution in [1.29, 1.82) is 0 Å². The number of rotatable bonds is 0. The molecule has 0 atom stereocenters. The smallest absolute Gasteiger partial charge is 0.259 e. The van der Waals surface area contributed by atoms with Crippen LogP contribution in [-0.2, 0) is 5.41 Å². The Morgan fingerprint density at radius 1 is 1.40 bits per heavy atom. The lowest BCUT2D eigenvalue weighted by atomic mass is 9.93. The van der Waals surface area contributed by atoms with E-state index in [-0.39, 0.29) is 11.0 Å². The van der Waals surface area contributed by atoms with Crippen LogP contribution in [0.15, 0.2) is 10.2 Å². The molecule has 0 saturated heterocycles. The van der Waals surface area contributed by atoms with Crippen LogP contribution in [0.25, 0.3) is 10.9 Å². The van der Waals surface area contributed by atoms with Crippen LogP contribution in [0.5, 0.6) is 0 Å². The van der Waals surface area contributed by atoms with Crippen molar-refractivity contribution in [3.05, 3.63) is 26.4 Å². The van der Waals surface area contributed by atoms with Crippen molar-refractivity contribution >= 4 is 22.2 Å². The van der Waals surface area contributed by atoms with Gasteiger partial charge in [-0.25, -0.2) is 4.98 Å². The first kappa shape index (κ1) is 10.4. The van der Waals surface area contributed by atoms with E-state index < -0.39 is 0 Å². The summed E-state index contributed by atoms with van der Waals surface area (Å²) in [4.78, 5) is 20.0. The Kier molecular flexibility index (Phi) is 2.19. The van der Waals surface area contributed by atoms with Gasteiger partial charge in [-0.3, -0.25) is 4.79 Å². The maximum atomic E-state index is 11.7. The molecule has 0 aromatic carbocycles. The zero-order valence-corrected chi connectivity index (χ0v) is 10.2. The summed E-state index contributed by atoms with van der Waals surface area (Å²) in [7, 11) is 0. The van der Waals surface area contributed by atoms with Crippen LogP contribution < -0.4 is 5.56 Å². The van der Waals surface area contributed by atoms with Crippen molar-refractivity contribution < 1.29 is 0 Å². The van der Waals surface area contributed by atoms with E-state index >= 15 is 0 Å². The molecule has 0 aliphatic rings. The monoisotopic (exact) mass is 222 g/mol. The van der Waals surface area contributed by atoms with Gasteiger partial charge < -0.3 is 4.98 Å². The molecular formula is C11H14N2OS. The van der Waals surface area contributed by atoms with Crippen molar-refractivity contribution in [2.45, 2.75) is 33.1 Å². The number of aromatic amines is 1. The SMILES string of the molecule is Cc1nc2c(C(C)(C)C)scc2c(=O)[nH]1. The summed E-state index contributed by atoms with van der Waals surface area (Å²) in [6.45, 7) is 8.22. The van der Waals surface area contributed by atoms with Crippen LogP contribution in [0.2, 0.25) is 0 Å². The molecule has 2 heterocycles. The number of nitrogens with zero attached hydrogens (tertiary/aromatic N) is 1. The number of aromatic nitrogens is 2. The molecular weight excluding hydrogens is 208 g/mol. The summed E-state index contributed by atoms with van der Waals surface area (Å²) >= 11 is 1.61. The fourth-order valence-electron chi connectivity index (χ4n) is 1.58. The van der Waals surface area contributed by atoms with Gasteiger partial charge >= 0.3 is 0 Å². The topological polar surface area (TPSA) is 45.8 Å². The number of fused-ring (bicyclic) bond motifs is 1. The zero-order chi connectivity index (χ0) is 11.2. The molecule has 1 N–H and O–H groups in total. The number of nitrogens with one attached hydrogen (secondary N) is 1. The van der Waals surface area contributed by atoms with Gasteiger partial charge in [0.15, 0.2) is 0 Å². The van der Waals surface area contributed by atoms with Gasteiger partial charge in [0, 0.05) is 10.3 Å². The third-order valence-electron chi connectivity index (χ3n) is 2.26. The minimum absolute atomic E-state index is 0.0377. The molecule has 0 spiro atoms. The van der Waals surface area contributed by atoms with E-state index in [1.807, 2.05) is 12.3 Å². The van der Waals surface area contributed by atoms with Crippen molar-refractivity contribution in [2.24, 2.45) is 0 Å². The van der Waals surface area contributed by atoms with Crippen molar-refractivity contribution in [3.63, 3.8) is 0 Å². The third-order valence-corrected chi connectivity index (χ3v) is 3.66. The maximum absolute atomic E-state index is 11.7. The van der Waals surface area contributed by atoms with E-state index in [4.69, 9.17) is 0 Å². The minimum Gasteiger partial charge on any atom is -0.310 e. The summed E-state index contributed by atoms with van der Waals surface area (Å²) in [5.41, 5.74) is 0.859. The van der Waals surface area contributed by atoms with Gasteiger partial charge in [-0.15, -0.1) is 11.3 Å². The predicted octanol–water partition coefficient (Wildman–Crippen LogP) is 2.59. The van der Waals surface area contributed by atoms with E-state index in [9.17, 15) is 4.79 Å². The second kappa shape index (κ2) is 3.17. The highest BCUT2D eigenvalue weighted by molar-refractivity contribution is 7.11. The molecule has 0 unspecified atom stereocenters. The normalized spacial score (nSPS) is 12.3. The summed E-state index contributed by atoms with van der Waals surface area (Å²) < 4.78 is 0. The lowest BCUT2D eigenvalue weighted by Crippen LogP contribution is -2.13. The Labute approximate surface area is 92.2 Å². The molecule has 2 rings (SSSR count). The fourth-order valence-corrected chi connectivity index (χ4v) is 2.66. The van der Waals surface area contributed by atoms with E-state index in [1.54, 1.807) is 11.3 Å². The molecule has 0 radical (unpaired) electrons. The Hall–Kier alpha value is -1.16. The van der Waals surface area contributed by atoms with Crippen LogP contribution in [-0.4, -0.2) is 9.97 Å². The highest BCUT2D eigenvalue weighted by Gasteiger charge is 2.21. The average Bonchev–Trinajstić information content (AvgIpc) is 2.45. The molecule has 15 heavy (non-hydrogen) atoms. The summed E-state index contributed by atoms with van der Waals surface area (Å²) in [5.74, 6) is 0.677. The molecule has 2 aromatic heterocycles. The Morgan fingerprint density at radius 2 is 2.07 bits per heavy atom. The molecule has 0 saturated carbocycles. The maximum Gasteiger partial charge on any atom is 0.259 e. The molecule has 0 bridgehead atoms. The number of thiophene rings is 1. The van der Waals surface area contributed by atoms with Gasteiger partial charge in [0.05, 0.1) is 10.9 Å². The third kappa shape index (κ3) is 1.69. The Bertz CT molecular complexity index is 560. The molecule has 0 aliphatic carbocycles. The molecule has 4 heteroatoms. The molecule has 3 nitrogen and oxygen atoms in total. The summed E-state index contributed by atoms with van der Waals surface area (Å²) in [6, 6.07) is 0. The van der Waals surface area contributed by atoms with Gasteiger partial charge in [0.25, 0.3) is 5.56 Å². The first-order chi connectivity index (χ1) is 6.89.